The molecule has 0 saturated heterocycles. The van der Waals surface area contributed by atoms with Gasteiger partial charge in [-0.15, -0.1) is 0 Å². The van der Waals surface area contributed by atoms with Crippen molar-refractivity contribution >= 4 is 28.4 Å². The SMILES string of the molecule is CC(=O)n1cc(C(=O)Nc2ccccc2C)c2ccc(F)cc21. The number of carbonyl (C=O) groups is 2. The third-order valence-electron chi connectivity index (χ3n) is 3.74. The average Bonchev–Trinajstić information content (AvgIpc) is 2.88. The first kappa shape index (κ1) is 15.0. The molecule has 0 atom stereocenters. The molecule has 23 heavy (non-hydrogen) atoms. The summed E-state index contributed by atoms with van der Waals surface area (Å²) in [7, 11) is 0. The number of amides is 1. The Morgan fingerprint density at radius 1 is 1.13 bits per heavy atom. The van der Waals surface area contributed by atoms with Crippen molar-refractivity contribution in [3.63, 3.8) is 0 Å². The second-order valence-corrected chi connectivity index (χ2v) is 5.36. The first-order valence-electron chi connectivity index (χ1n) is 7.16. The van der Waals surface area contributed by atoms with Crippen molar-refractivity contribution < 1.29 is 14.0 Å². The minimum atomic E-state index is -0.455. The summed E-state index contributed by atoms with van der Waals surface area (Å²) in [6.45, 7) is 3.26. The maximum absolute atomic E-state index is 13.5. The van der Waals surface area contributed by atoms with Crippen LogP contribution < -0.4 is 5.32 Å². The molecule has 0 spiro atoms. The number of fused-ring (bicyclic) bond motifs is 1. The van der Waals surface area contributed by atoms with Crippen molar-refractivity contribution in [2.75, 3.05) is 5.32 Å². The molecular formula is C18H15FN2O2. The van der Waals surface area contributed by atoms with E-state index in [0.717, 1.165) is 5.56 Å². The molecule has 0 fully saturated rings. The summed E-state index contributed by atoms with van der Waals surface area (Å²) in [5, 5.41) is 3.36. The molecule has 4 nitrogen and oxygen atoms in total. The van der Waals surface area contributed by atoms with Crippen LogP contribution >= 0.6 is 0 Å². The van der Waals surface area contributed by atoms with E-state index in [1.54, 1.807) is 6.07 Å². The zero-order valence-corrected chi connectivity index (χ0v) is 12.8. The van der Waals surface area contributed by atoms with Gasteiger partial charge in [0.25, 0.3) is 5.91 Å². The lowest BCUT2D eigenvalue weighted by Gasteiger charge is -2.07. The van der Waals surface area contributed by atoms with E-state index < -0.39 is 5.82 Å². The molecule has 0 radical (unpaired) electrons. The highest BCUT2D eigenvalue weighted by Gasteiger charge is 2.18. The highest BCUT2D eigenvalue weighted by Crippen LogP contribution is 2.24. The van der Waals surface area contributed by atoms with Gasteiger partial charge in [0, 0.05) is 24.2 Å². The third kappa shape index (κ3) is 2.73. The van der Waals surface area contributed by atoms with Crippen LogP contribution in [0.1, 0.15) is 27.6 Å². The number of para-hydroxylation sites is 1. The van der Waals surface area contributed by atoms with Gasteiger partial charge in [-0.3, -0.25) is 14.2 Å². The molecule has 3 rings (SSSR count). The van der Waals surface area contributed by atoms with Gasteiger partial charge >= 0.3 is 0 Å². The summed E-state index contributed by atoms with van der Waals surface area (Å²) in [5.74, 6) is -1.07. The van der Waals surface area contributed by atoms with E-state index in [9.17, 15) is 14.0 Å². The van der Waals surface area contributed by atoms with Crippen LogP contribution in [0.4, 0.5) is 10.1 Å². The number of aryl methyl sites for hydroxylation is 1. The van der Waals surface area contributed by atoms with E-state index in [2.05, 4.69) is 5.32 Å². The molecule has 2 aromatic carbocycles. The fourth-order valence-corrected chi connectivity index (χ4v) is 2.54. The Bertz CT molecular complexity index is 928. The second kappa shape index (κ2) is 5.68. The Balaban J connectivity index is 2.07. The van der Waals surface area contributed by atoms with Crippen LogP contribution in [0.25, 0.3) is 10.9 Å². The van der Waals surface area contributed by atoms with Crippen molar-refractivity contribution in [3.05, 3.63) is 65.6 Å². The molecule has 1 aromatic heterocycles. The molecule has 1 heterocycles. The number of anilines is 1. The van der Waals surface area contributed by atoms with Gasteiger partial charge in [-0.1, -0.05) is 18.2 Å². The topological polar surface area (TPSA) is 51.1 Å². The molecular weight excluding hydrogens is 295 g/mol. The van der Waals surface area contributed by atoms with Crippen molar-refractivity contribution in [1.29, 1.82) is 0 Å². The van der Waals surface area contributed by atoms with E-state index in [4.69, 9.17) is 0 Å². The zero-order chi connectivity index (χ0) is 16.6. The predicted octanol–water partition coefficient (Wildman–Crippen LogP) is 4.00. The normalized spacial score (nSPS) is 10.7. The van der Waals surface area contributed by atoms with Crippen LogP contribution in [0.2, 0.25) is 0 Å². The van der Waals surface area contributed by atoms with Crippen LogP contribution in [0.5, 0.6) is 0 Å². The van der Waals surface area contributed by atoms with Gasteiger partial charge in [0.15, 0.2) is 0 Å². The molecule has 0 aliphatic rings. The maximum Gasteiger partial charge on any atom is 0.257 e. The average molecular weight is 310 g/mol. The van der Waals surface area contributed by atoms with E-state index in [0.29, 0.717) is 22.2 Å². The number of halogens is 1. The van der Waals surface area contributed by atoms with Gasteiger partial charge in [-0.2, -0.15) is 0 Å². The Morgan fingerprint density at radius 3 is 2.57 bits per heavy atom. The van der Waals surface area contributed by atoms with Crippen molar-refractivity contribution in [2.45, 2.75) is 13.8 Å². The lowest BCUT2D eigenvalue weighted by Crippen LogP contribution is -2.12. The third-order valence-corrected chi connectivity index (χ3v) is 3.74. The van der Waals surface area contributed by atoms with Gasteiger partial charge in [0.05, 0.1) is 11.1 Å². The monoisotopic (exact) mass is 310 g/mol. The molecule has 3 aromatic rings. The largest absolute Gasteiger partial charge is 0.322 e. The Hall–Kier alpha value is -2.95. The van der Waals surface area contributed by atoms with E-state index in [-0.39, 0.29) is 11.8 Å². The number of aromatic nitrogens is 1. The summed E-state index contributed by atoms with van der Waals surface area (Å²) < 4.78 is 14.7. The fraction of sp³-hybridized carbons (Fsp3) is 0.111. The Morgan fingerprint density at radius 2 is 1.87 bits per heavy atom. The first-order valence-corrected chi connectivity index (χ1v) is 7.16. The summed E-state index contributed by atoms with van der Waals surface area (Å²) >= 11 is 0. The molecule has 5 heteroatoms. The van der Waals surface area contributed by atoms with Crippen LogP contribution in [-0.2, 0) is 0 Å². The molecule has 116 valence electrons. The number of carbonyl (C=O) groups excluding carboxylic acids is 2. The molecule has 0 saturated carbocycles. The molecule has 0 aliphatic carbocycles. The summed E-state index contributed by atoms with van der Waals surface area (Å²) in [6, 6.07) is 11.4. The van der Waals surface area contributed by atoms with Crippen molar-refractivity contribution in [3.8, 4) is 0 Å². The highest BCUT2D eigenvalue weighted by molar-refractivity contribution is 6.14. The number of rotatable bonds is 2. The second-order valence-electron chi connectivity index (χ2n) is 5.36. The van der Waals surface area contributed by atoms with E-state index in [1.807, 2.05) is 25.1 Å². The van der Waals surface area contributed by atoms with E-state index >= 15 is 0 Å². The van der Waals surface area contributed by atoms with Crippen LogP contribution in [0, 0.1) is 12.7 Å². The first-order chi connectivity index (χ1) is 11.0. The molecule has 0 unspecified atom stereocenters. The number of hydrogen-bond donors (Lipinski definition) is 1. The lowest BCUT2D eigenvalue weighted by molar-refractivity contribution is 0.0941. The number of hydrogen-bond acceptors (Lipinski definition) is 2. The van der Waals surface area contributed by atoms with Crippen LogP contribution in [0.15, 0.2) is 48.7 Å². The number of nitrogens with zero attached hydrogens (tertiary/aromatic N) is 1. The fourth-order valence-electron chi connectivity index (χ4n) is 2.54. The Labute approximate surface area is 132 Å². The van der Waals surface area contributed by atoms with Crippen LogP contribution in [0.3, 0.4) is 0 Å². The number of nitrogens with one attached hydrogen (secondary N) is 1. The summed E-state index contributed by atoms with van der Waals surface area (Å²) in [4.78, 5) is 24.3. The highest BCUT2D eigenvalue weighted by atomic mass is 19.1. The molecule has 1 amide bonds. The summed E-state index contributed by atoms with van der Waals surface area (Å²) in [6.07, 6.45) is 1.44. The molecule has 1 N–H and O–H groups in total. The van der Waals surface area contributed by atoms with Crippen LogP contribution in [-0.4, -0.2) is 16.4 Å². The van der Waals surface area contributed by atoms with Gasteiger partial charge in [-0.05, 0) is 36.8 Å². The molecule has 0 aliphatic heterocycles. The maximum atomic E-state index is 13.5. The predicted molar refractivity (Wildman–Crippen MR) is 87.3 cm³/mol. The van der Waals surface area contributed by atoms with Crippen molar-refractivity contribution in [1.82, 2.24) is 4.57 Å². The Kier molecular flexibility index (Phi) is 3.70. The van der Waals surface area contributed by atoms with Gasteiger partial charge in [0.2, 0.25) is 5.91 Å². The standard InChI is InChI=1S/C18H15FN2O2/c1-11-5-3-4-6-16(11)20-18(23)15-10-21(12(2)22)17-9-13(19)7-8-14(15)17/h3-10H,1-2H3,(H,20,23). The van der Waals surface area contributed by atoms with Crippen molar-refractivity contribution in [2.24, 2.45) is 0 Å². The smallest absolute Gasteiger partial charge is 0.257 e. The van der Waals surface area contributed by atoms with Gasteiger partial charge in [0.1, 0.15) is 5.82 Å². The van der Waals surface area contributed by atoms with Gasteiger partial charge in [-0.25, -0.2) is 4.39 Å². The van der Waals surface area contributed by atoms with Gasteiger partial charge < -0.3 is 5.32 Å². The van der Waals surface area contributed by atoms with E-state index in [1.165, 1.54) is 35.9 Å². The minimum absolute atomic E-state index is 0.282. The number of benzene rings is 2. The summed E-state index contributed by atoms with van der Waals surface area (Å²) in [5.41, 5.74) is 2.34. The lowest BCUT2D eigenvalue weighted by atomic mass is 10.1. The zero-order valence-electron chi connectivity index (χ0n) is 12.8. The minimum Gasteiger partial charge on any atom is -0.322 e. The quantitative estimate of drug-likeness (QED) is 0.778. The molecule has 0 bridgehead atoms.